The molecule has 0 aromatic carbocycles. The first-order chi connectivity index (χ1) is 4.97. The van der Waals surface area contributed by atoms with Crippen molar-refractivity contribution in [3.8, 4) is 11.5 Å². The summed E-state index contributed by atoms with van der Waals surface area (Å²) in [4.78, 5) is 0. The van der Waals surface area contributed by atoms with Crippen molar-refractivity contribution in [1.82, 2.24) is 15.4 Å². The van der Waals surface area contributed by atoms with E-state index in [1.165, 1.54) is 0 Å². The zero-order chi connectivity index (χ0) is 6.81. The largest absolute Gasteiger partial charge is 0.463 e. The lowest BCUT2D eigenvalue weighted by atomic mass is 10.4. The molecule has 2 rings (SSSR count). The smallest absolute Gasteiger partial charge is 0.155 e. The van der Waals surface area contributed by atoms with E-state index in [1.54, 1.807) is 12.5 Å². The molecule has 4 heteroatoms. The molecule has 0 aliphatic carbocycles. The molecule has 10 heavy (non-hydrogen) atoms. The molecular formula is C6H5N3O. The molecule has 2 aromatic rings. The summed E-state index contributed by atoms with van der Waals surface area (Å²) in [5, 5.41) is 9.90. The Bertz CT molecular complexity index is 252. The molecule has 4 nitrogen and oxygen atoms in total. The van der Waals surface area contributed by atoms with Crippen LogP contribution in [0.15, 0.2) is 29.0 Å². The summed E-state index contributed by atoms with van der Waals surface area (Å²) >= 11 is 0. The molecule has 50 valence electrons. The van der Waals surface area contributed by atoms with Crippen molar-refractivity contribution in [2.45, 2.75) is 0 Å². The van der Waals surface area contributed by atoms with Crippen molar-refractivity contribution < 1.29 is 4.42 Å². The van der Waals surface area contributed by atoms with Crippen LogP contribution in [0, 0.1) is 0 Å². The first-order valence-corrected chi connectivity index (χ1v) is 2.87. The number of hydrogen-bond acceptors (Lipinski definition) is 3. The highest BCUT2D eigenvalue weighted by Crippen LogP contribution is 2.13. The van der Waals surface area contributed by atoms with E-state index in [1.807, 2.05) is 12.1 Å². The van der Waals surface area contributed by atoms with Crippen molar-refractivity contribution in [3.05, 3.63) is 24.6 Å². The molecule has 0 spiro atoms. The summed E-state index contributed by atoms with van der Waals surface area (Å²) in [7, 11) is 0. The van der Waals surface area contributed by atoms with Gasteiger partial charge in [-0.05, 0) is 12.1 Å². The number of aromatic nitrogens is 3. The third-order valence-electron chi connectivity index (χ3n) is 1.19. The summed E-state index contributed by atoms with van der Waals surface area (Å²) in [5.41, 5.74) is 0.727. The fourth-order valence-electron chi connectivity index (χ4n) is 0.746. The second kappa shape index (κ2) is 1.98. The molecular weight excluding hydrogens is 130 g/mol. The van der Waals surface area contributed by atoms with Crippen molar-refractivity contribution in [2.75, 3.05) is 0 Å². The van der Waals surface area contributed by atoms with Gasteiger partial charge in [0.2, 0.25) is 0 Å². The van der Waals surface area contributed by atoms with E-state index < -0.39 is 0 Å². The number of nitrogens with zero attached hydrogens (tertiary/aromatic N) is 2. The van der Waals surface area contributed by atoms with Crippen molar-refractivity contribution in [2.24, 2.45) is 0 Å². The lowest BCUT2D eigenvalue weighted by Gasteiger charge is -1.81. The number of H-pyrrole nitrogens is 1. The molecule has 0 radical (unpaired) electrons. The summed E-state index contributed by atoms with van der Waals surface area (Å²) in [5.74, 6) is 0.730. The molecule has 0 unspecified atom stereocenters. The summed E-state index contributed by atoms with van der Waals surface area (Å²) < 4.78 is 5.06. The van der Waals surface area contributed by atoms with Crippen molar-refractivity contribution in [1.29, 1.82) is 0 Å². The van der Waals surface area contributed by atoms with Crippen LogP contribution in [0.2, 0.25) is 0 Å². The van der Waals surface area contributed by atoms with Crippen LogP contribution in [-0.2, 0) is 0 Å². The lowest BCUT2D eigenvalue weighted by Crippen LogP contribution is -1.71. The van der Waals surface area contributed by atoms with Crippen molar-refractivity contribution in [3.63, 3.8) is 0 Å². The summed E-state index contributed by atoms with van der Waals surface area (Å²) in [6.07, 6.45) is 3.28. The van der Waals surface area contributed by atoms with Gasteiger partial charge in [0.25, 0.3) is 0 Å². The Morgan fingerprint density at radius 3 is 3.10 bits per heavy atom. The molecule has 0 atom stereocenters. The Hall–Kier alpha value is -1.58. The fourth-order valence-corrected chi connectivity index (χ4v) is 0.746. The third kappa shape index (κ3) is 0.699. The minimum Gasteiger partial charge on any atom is -0.463 e. The van der Waals surface area contributed by atoms with Gasteiger partial charge in [0.05, 0.1) is 12.5 Å². The minimum absolute atomic E-state index is 0.727. The van der Waals surface area contributed by atoms with Crippen LogP contribution in [-0.4, -0.2) is 15.4 Å². The highest BCUT2D eigenvalue weighted by Gasteiger charge is 2.00. The van der Waals surface area contributed by atoms with Gasteiger partial charge < -0.3 is 4.42 Å². The van der Waals surface area contributed by atoms with Crippen LogP contribution in [0.4, 0.5) is 0 Å². The van der Waals surface area contributed by atoms with Gasteiger partial charge in [-0.3, -0.25) is 5.10 Å². The maximum absolute atomic E-state index is 5.06. The topological polar surface area (TPSA) is 54.7 Å². The SMILES string of the molecule is c1coc(-c2c[nH]nn2)c1. The number of rotatable bonds is 1. The van der Waals surface area contributed by atoms with Gasteiger partial charge in [-0.1, -0.05) is 5.21 Å². The Morgan fingerprint density at radius 1 is 1.50 bits per heavy atom. The molecule has 0 aliphatic rings. The van der Waals surface area contributed by atoms with Crippen LogP contribution < -0.4 is 0 Å². The Labute approximate surface area is 56.9 Å². The van der Waals surface area contributed by atoms with Gasteiger partial charge in [0.15, 0.2) is 5.76 Å². The highest BCUT2D eigenvalue weighted by molar-refractivity contribution is 5.48. The van der Waals surface area contributed by atoms with Gasteiger partial charge in [-0.15, -0.1) is 5.10 Å². The predicted molar refractivity (Wildman–Crippen MR) is 34.1 cm³/mol. The second-order valence-electron chi connectivity index (χ2n) is 1.84. The average Bonchev–Trinajstić information content (AvgIpc) is 2.59. The quantitative estimate of drug-likeness (QED) is 0.636. The van der Waals surface area contributed by atoms with Gasteiger partial charge in [-0.25, -0.2) is 0 Å². The third-order valence-corrected chi connectivity index (χ3v) is 1.19. The number of nitrogens with one attached hydrogen (secondary N) is 1. The summed E-state index contributed by atoms with van der Waals surface area (Å²) in [6.45, 7) is 0. The van der Waals surface area contributed by atoms with Crippen LogP contribution in [0.5, 0.6) is 0 Å². The Balaban J connectivity index is 2.48. The standard InChI is InChI=1S/C6H5N3O/c1-2-6(10-3-1)5-4-7-9-8-5/h1-4H,(H,7,8,9). The Morgan fingerprint density at radius 2 is 2.50 bits per heavy atom. The number of aromatic amines is 1. The zero-order valence-electron chi connectivity index (χ0n) is 5.11. The van der Waals surface area contributed by atoms with Gasteiger partial charge in [-0.2, -0.15) is 0 Å². The van der Waals surface area contributed by atoms with E-state index in [4.69, 9.17) is 4.42 Å². The predicted octanol–water partition coefficient (Wildman–Crippen LogP) is 1.06. The van der Waals surface area contributed by atoms with Gasteiger partial charge in [0.1, 0.15) is 5.69 Å². The summed E-state index contributed by atoms with van der Waals surface area (Å²) in [6, 6.07) is 3.64. The molecule has 2 aromatic heterocycles. The van der Waals surface area contributed by atoms with Crippen molar-refractivity contribution >= 4 is 0 Å². The van der Waals surface area contributed by atoms with Crippen LogP contribution >= 0.6 is 0 Å². The molecule has 1 N–H and O–H groups in total. The molecule has 0 fully saturated rings. The van der Waals surface area contributed by atoms with E-state index >= 15 is 0 Å². The average molecular weight is 135 g/mol. The van der Waals surface area contributed by atoms with Crippen LogP contribution in [0.25, 0.3) is 11.5 Å². The molecule has 0 amide bonds. The molecule has 0 saturated heterocycles. The van der Waals surface area contributed by atoms with E-state index in [0.29, 0.717) is 0 Å². The van der Waals surface area contributed by atoms with E-state index in [-0.39, 0.29) is 0 Å². The molecule has 2 heterocycles. The zero-order valence-corrected chi connectivity index (χ0v) is 5.11. The maximum atomic E-state index is 5.06. The Kier molecular flexibility index (Phi) is 1.04. The van der Waals surface area contributed by atoms with E-state index in [2.05, 4.69) is 15.4 Å². The van der Waals surface area contributed by atoms with E-state index in [9.17, 15) is 0 Å². The second-order valence-corrected chi connectivity index (χ2v) is 1.84. The van der Waals surface area contributed by atoms with Crippen LogP contribution in [0.1, 0.15) is 0 Å². The molecule has 0 saturated carbocycles. The van der Waals surface area contributed by atoms with Crippen LogP contribution in [0.3, 0.4) is 0 Å². The van der Waals surface area contributed by atoms with Gasteiger partial charge in [0, 0.05) is 0 Å². The fraction of sp³-hybridized carbons (Fsp3) is 0. The number of hydrogen-bond donors (Lipinski definition) is 1. The first-order valence-electron chi connectivity index (χ1n) is 2.87. The van der Waals surface area contributed by atoms with Gasteiger partial charge >= 0.3 is 0 Å². The minimum atomic E-state index is 0.727. The van der Waals surface area contributed by atoms with E-state index in [0.717, 1.165) is 11.5 Å². The number of furan rings is 1. The monoisotopic (exact) mass is 135 g/mol. The lowest BCUT2D eigenvalue weighted by molar-refractivity contribution is 0.580. The molecule has 0 aliphatic heterocycles. The molecule has 0 bridgehead atoms. The maximum Gasteiger partial charge on any atom is 0.155 e. The first kappa shape index (κ1) is 5.22. The normalized spacial score (nSPS) is 10.0. The highest BCUT2D eigenvalue weighted by atomic mass is 16.3.